The first-order valence-corrected chi connectivity index (χ1v) is 8.17. The molecule has 0 saturated heterocycles. The van der Waals surface area contributed by atoms with E-state index < -0.39 is 16.1 Å². The summed E-state index contributed by atoms with van der Waals surface area (Å²) in [7, 11) is -2.55. The lowest BCUT2D eigenvalue weighted by molar-refractivity contribution is -0.135. The maximum atomic E-state index is 11.9. The number of hydrogen-bond acceptors (Lipinski definition) is 6. The Balaban J connectivity index is 0.00000264. The first kappa shape index (κ1) is 18.8. The molecule has 2 rings (SSSR count). The zero-order valence-electron chi connectivity index (χ0n) is 11.9. The second-order valence-corrected chi connectivity index (χ2v) is 6.28. The Morgan fingerprint density at radius 2 is 2.09 bits per heavy atom. The van der Waals surface area contributed by atoms with Crippen molar-refractivity contribution in [3.63, 3.8) is 0 Å². The summed E-state index contributed by atoms with van der Waals surface area (Å²) < 4.78 is 39.2. The van der Waals surface area contributed by atoms with Gasteiger partial charge in [0, 0.05) is 5.56 Å². The van der Waals surface area contributed by atoms with Gasteiger partial charge in [0.05, 0.1) is 19.5 Å². The van der Waals surface area contributed by atoms with Crippen LogP contribution in [0, 0.1) is 0 Å². The highest BCUT2D eigenvalue weighted by atomic mass is 32.2. The standard InChI is InChI=1S/C14H16O7S.CH4/c1-19-12(14(15)16)9-10-5-4-6-11-13(10)21-22(17,18)8-3-2-7-20-11;/h4-6,9H,2-3,7-8H2,1H3,(H,15,16);1H4. The zero-order valence-corrected chi connectivity index (χ0v) is 12.8. The molecule has 8 heteroatoms. The summed E-state index contributed by atoms with van der Waals surface area (Å²) in [5, 5.41) is 9.00. The Kier molecular flexibility index (Phi) is 6.44. The Bertz CT molecular complexity index is 692. The molecule has 0 bridgehead atoms. The van der Waals surface area contributed by atoms with Crippen LogP contribution < -0.4 is 8.92 Å². The number of carbonyl (C=O) groups is 1. The smallest absolute Gasteiger partial charge is 0.371 e. The second-order valence-electron chi connectivity index (χ2n) is 4.59. The molecule has 7 nitrogen and oxygen atoms in total. The van der Waals surface area contributed by atoms with Crippen molar-refractivity contribution in [2.75, 3.05) is 19.5 Å². The van der Waals surface area contributed by atoms with Crippen LogP contribution in [0.5, 0.6) is 11.5 Å². The number of hydrogen-bond donors (Lipinski definition) is 1. The van der Waals surface area contributed by atoms with E-state index in [9.17, 15) is 13.2 Å². The van der Waals surface area contributed by atoms with Gasteiger partial charge in [0.15, 0.2) is 11.5 Å². The minimum absolute atomic E-state index is 0. The van der Waals surface area contributed by atoms with Crippen LogP contribution in [0.25, 0.3) is 6.08 Å². The fourth-order valence-corrected chi connectivity index (χ4v) is 3.00. The molecule has 1 aromatic carbocycles. The van der Waals surface area contributed by atoms with Crippen molar-refractivity contribution < 1.29 is 32.0 Å². The van der Waals surface area contributed by atoms with Crippen molar-refractivity contribution in [2.45, 2.75) is 20.3 Å². The van der Waals surface area contributed by atoms with Crippen molar-refractivity contribution >= 4 is 22.2 Å². The third kappa shape index (κ3) is 4.88. The van der Waals surface area contributed by atoms with Gasteiger partial charge in [-0.3, -0.25) is 0 Å². The Morgan fingerprint density at radius 1 is 1.35 bits per heavy atom. The number of aliphatic carboxylic acids is 1. The topological polar surface area (TPSA) is 99.1 Å². The lowest BCUT2D eigenvalue weighted by Crippen LogP contribution is -2.14. The van der Waals surface area contributed by atoms with Gasteiger partial charge in [-0.1, -0.05) is 19.6 Å². The van der Waals surface area contributed by atoms with Gasteiger partial charge < -0.3 is 18.8 Å². The molecule has 23 heavy (non-hydrogen) atoms. The number of para-hydroxylation sites is 1. The summed E-state index contributed by atoms with van der Waals surface area (Å²) in [5.74, 6) is -1.51. The lowest BCUT2D eigenvalue weighted by Gasteiger charge is -2.13. The molecule has 0 spiro atoms. The van der Waals surface area contributed by atoms with E-state index in [1.165, 1.54) is 19.3 Å². The maximum Gasteiger partial charge on any atom is 0.371 e. The van der Waals surface area contributed by atoms with Crippen LogP contribution in [0.3, 0.4) is 0 Å². The minimum Gasteiger partial charge on any atom is -0.490 e. The highest BCUT2D eigenvalue weighted by Gasteiger charge is 2.21. The molecule has 1 aliphatic heterocycles. The predicted octanol–water partition coefficient (Wildman–Crippen LogP) is 2.28. The van der Waals surface area contributed by atoms with Crippen LogP contribution in [0.4, 0.5) is 0 Å². The number of rotatable bonds is 3. The number of carboxylic acids is 1. The fraction of sp³-hybridized carbons (Fsp3) is 0.400. The molecule has 0 aliphatic carbocycles. The maximum absolute atomic E-state index is 11.9. The van der Waals surface area contributed by atoms with Crippen LogP contribution in [-0.2, 0) is 19.6 Å². The summed E-state index contributed by atoms with van der Waals surface area (Å²) in [4.78, 5) is 11.0. The Hall–Kier alpha value is -2.22. The molecular weight excluding hydrogens is 324 g/mol. The number of methoxy groups -OCH3 is 1. The van der Waals surface area contributed by atoms with Crippen LogP contribution in [0.15, 0.2) is 24.0 Å². The van der Waals surface area contributed by atoms with E-state index in [-0.39, 0.29) is 36.0 Å². The van der Waals surface area contributed by atoms with Gasteiger partial charge in [-0.2, -0.15) is 8.42 Å². The second kappa shape index (κ2) is 7.87. The highest BCUT2D eigenvalue weighted by molar-refractivity contribution is 7.87. The van der Waals surface area contributed by atoms with E-state index in [1.54, 1.807) is 12.1 Å². The zero-order chi connectivity index (χ0) is 16.2. The molecule has 0 saturated carbocycles. The van der Waals surface area contributed by atoms with E-state index in [0.717, 1.165) is 0 Å². The van der Waals surface area contributed by atoms with Crippen molar-refractivity contribution in [2.24, 2.45) is 0 Å². The van der Waals surface area contributed by atoms with Gasteiger partial charge in [0.25, 0.3) is 0 Å². The average Bonchev–Trinajstić information content (AvgIpc) is 2.52. The van der Waals surface area contributed by atoms with Crippen LogP contribution >= 0.6 is 0 Å². The molecule has 128 valence electrons. The molecule has 0 radical (unpaired) electrons. The Morgan fingerprint density at radius 3 is 2.74 bits per heavy atom. The number of fused-ring (bicyclic) bond motifs is 1. The highest BCUT2D eigenvalue weighted by Crippen LogP contribution is 2.35. The van der Waals surface area contributed by atoms with Crippen molar-refractivity contribution in [1.29, 1.82) is 0 Å². The summed E-state index contributed by atoms with van der Waals surface area (Å²) in [5.41, 5.74) is 0.252. The van der Waals surface area contributed by atoms with Gasteiger partial charge in [-0.15, -0.1) is 0 Å². The molecule has 1 aliphatic rings. The largest absolute Gasteiger partial charge is 0.490 e. The van der Waals surface area contributed by atoms with E-state index in [0.29, 0.717) is 19.4 Å². The van der Waals surface area contributed by atoms with Crippen LogP contribution in [0.2, 0.25) is 0 Å². The third-order valence-electron chi connectivity index (χ3n) is 2.98. The molecule has 0 atom stereocenters. The Labute approximate surface area is 135 Å². The predicted molar refractivity (Wildman–Crippen MR) is 84.9 cm³/mol. The summed E-state index contributed by atoms with van der Waals surface area (Å²) in [6.07, 6.45) is 2.21. The molecule has 1 N–H and O–H groups in total. The van der Waals surface area contributed by atoms with Crippen molar-refractivity contribution in [3.8, 4) is 11.5 Å². The summed E-state index contributed by atoms with van der Waals surface area (Å²) in [6.45, 7) is 0.356. The number of benzene rings is 1. The first-order chi connectivity index (χ1) is 10.4. The third-order valence-corrected chi connectivity index (χ3v) is 4.19. The molecule has 0 fully saturated rings. The van der Waals surface area contributed by atoms with Crippen LogP contribution in [-0.4, -0.2) is 39.0 Å². The lowest BCUT2D eigenvalue weighted by atomic mass is 10.1. The normalized spacial score (nSPS) is 17.0. The van der Waals surface area contributed by atoms with Gasteiger partial charge in [-0.05, 0) is 25.0 Å². The van der Waals surface area contributed by atoms with Crippen LogP contribution in [0.1, 0.15) is 25.8 Å². The molecule has 0 aromatic heterocycles. The molecular formula is C15H20O7S. The SMILES string of the molecule is C.COC(=Cc1cccc2c1OS(=O)(=O)CCCCO2)C(=O)O. The van der Waals surface area contributed by atoms with Gasteiger partial charge in [0.2, 0.25) is 5.76 Å². The summed E-state index contributed by atoms with van der Waals surface area (Å²) in [6, 6.07) is 4.71. The van der Waals surface area contributed by atoms with Gasteiger partial charge in [0.1, 0.15) is 0 Å². The first-order valence-electron chi connectivity index (χ1n) is 6.60. The number of ether oxygens (including phenoxy) is 2. The van der Waals surface area contributed by atoms with Crippen molar-refractivity contribution in [1.82, 2.24) is 0 Å². The summed E-state index contributed by atoms with van der Waals surface area (Å²) >= 11 is 0. The van der Waals surface area contributed by atoms with Gasteiger partial charge in [-0.25, -0.2) is 4.79 Å². The number of carboxylic acid groups (broad SMARTS) is 1. The van der Waals surface area contributed by atoms with E-state index in [1.807, 2.05) is 0 Å². The van der Waals surface area contributed by atoms with Crippen molar-refractivity contribution in [3.05, 3.63) is 29.5 Å². The van der Waals surface area contributed by atoms with E-state index in [2.05, 4.69) is 0 Å². The quantitative estimate of drug-likeness (QED) is 0.510. The molecule has 1 heterocycles. The minimum atomic E-state index is -3.76. The fourth-order valence-electron chi connectivity index (χ4n) is 1.93. The average molecular weight is 344 g/mol. The molecule has 0 amide bonds. The monoisotopic (exact) mass is 344 g/mol. The molecule has 0 unspecified atom stereocenters. The van der Waals surface area contributed by atoms with E-state index in [4.69, 9.17) is 18.8 Å². The van der Waals surface area contributed by atoms with E-state index >= 15 is 0 Å². The van der Waals surface area contributed by atoms with Gasteiger partial charge >= 0.3 is 16.1 Å². The molecule has 1 aromatic rings.